The first kappa shape index (κ1) is 14.1. The highest BCUT2D eigenvalue weighted by Gasteiger charge is 2.28. The standard InChI is InChI=1S/C16H27NS/c1-2-4-14-5-3-9-16(17,10-6-14)11-7-15-8-12-18-13-15/h8,12-14H,2-7,9-11,17H2,1H3. The van der Waals surface area contributed by atoms with E-state index in [-0.39, 0.29) is 5.54 Å². The largest absolute Gasteiger partial charge is 0.325 e. The lowest BCUT2D eigenvalue weighted by Gasteiger charge is -2.28. The van der Waals surface area contributed by atoms with E-state index < -0.39 is 0 Å². The molecular weight excluding hydrogens is 238 g/mol. The summed E-state index contributed by atoms with van der Waals surface area (Å²) in [6.45, 7) is 2.30. The Balaban J connectivity index is 1.83. The number of rotatable bonds is 5. The van der Waals surface area contributed by atoms with Gasteiger partial charge in [-0.1, -0.05) is 32.6 Å². The molecule has 2 N–H and O–H groups in total. The zero-order valence-corrected chi connectivity index (χ0v) is 12.5. The third-order valence-electron chi connectivity index (χ3n) is 4.53. The molecule has 1 nitrogen and oxygen atoms in total. The molecule has 1 fully saturated rings. The van der Waals surface area contributed by atoms with Gasteiger partial charge in [-0.05, 0) is 60.4 Å². The summed E-state index contributed by atoms with van der Waals surface area (Å²) in [5.74, 6) is 0.946. The van der Waals surface area contributed by atoms with E-state index in [1.165, 1.54) is 63.4 Å². The number of nitrogens with two attached hydrogens (primary N) is 1. The van der Waals surface area contributed by atoms with Crippen molar-refractivity contribution >= 4 is 11.3 Å². The van der Waals surface area contributed by atoms with Crippen molar-refractivity contribution in [3.8, 4) is 0 Å². The average Bonchev–Trinajstić information content (AvgIpc) is 2.81. The molecule has 0 aromatic carbocycles. The summed E-state index contributed by atoms with van der Waals surface area (Å²) >= 11 is 1.80. The summed E-state index contributed by atoms with van der Waals surface area (Å²) in [7, 11) is 0. The van der Waals surface area contributed by atoms with Crippen LogP contribution < -0.4 is 5.73 Å². The highest BCUT2D eigenvalue weighted by molar-refractivity contribution is 7.07. The number of aryl methyl sites for hydroxylation is 1. The van der Waals surface area contributed by atoms with E-state index in [1.54, 1.807) is 11.3 Å². The zero-order chi connectivity index (χ0) is 12.8. The van der Waals surface area contributed by atoms with Gasteiger partial charge >= 0.3 is 0 Å². The molecule has 0 bridgehead atoms. The molecule has 1 aliphatic rings. The maximum Gasteiger partial charge on any atom is 0.0157 e. The van der Waals surface area contributed by atoms with Gasteiger partial charge in [0, 0.05) is 5.54 Å². The van der Waals surface area contributed by atoms with E-state index in [9.17, 15) is 0 Å². The Morgan fingerprint density at radius 1 is 1.39 bits per heavy atom. The molecule has 102 valence electrons. The number of hydrogen-bond acceptors (Lipinski definition) is 2. The quantitative estimate of drug-likeness (QED) is 0.763. The van der Waals surface area contributed by atoms with Crippen molar-refractivity contribution in [3.05, 3.63) is 22.4 Å². The SMILES string of the molecule is CCCC1CCCC(N)(CCc2ccsc2)CC1. The van der Waals surface area contributed by atoms with Crippen molar-refractivity contribution in [2.75, 3.05) is 0 Å². The van der Waals surface area contributed by atoms with Crippen LogP contribution in [0.25, 0.3) is 0 Å². The van der Waals surface area contributed by atoms with Crippen LogP contribution in [0.1, 0.15) is 63.9 Å². The van der Waals surface area contributed by atoms with Crippen molar-refractivity contribution in [1.82, 2.24) is 0 Å². The van der Waals surface area contributed by atoms with Crippen molar-refractivity contribution < 1.29 is 0 Å². The van der Waals surface area contributed by atoms with Crippen LogP contribution in [0.2, 0.25) is 0 Å². The summed E-state index contributed by atoms with van der Waals surface area (Å²) in [6.07, 6.45) is 11.6. The Morgan fingerprint density at radius 2 is 2.28 bits per heavy atom. The van der Waals surface area contributed by atoms with Crippen molar-refractivity contribution in [1.29, 1.82) is 0 Å². The Kier molecular flexibility index (Phi) is 5.25. The van der Waals surface area contributed by atoms with Crippen LogP contribution in [0, 0.1) is 5.92 Å². The maximum absolute atomic E-state index is 6.64. The maximum atomic E-state index is 6.64. The highest BCUT2D eigenvalue weighted by atomic mass is 32.1. The zero-order valence-electron chi connectivity index (χ0n) is 11.7. The molecule has 1 aromatic rings. The second-order valence-corrected chi connectivity index (χ2v) is 6.86. The van der Waals surface area contributed by atoms with Crippen molar-refractivity contribution in [2.24, 2.45) is 11.7 Å². The van der Waals surface area contributed by atoms with Gasteiger partial charge in [0.25, 0.3) is 0 Å². The minimum atomic E-state index is 0.116. The summed E-state index contributed by atoms with van der Waals surface area (Å²) in [5, 5.41) is 4.43. The van der Waals surface area contributed by atoms with Crippen LogP contribution in [0.5, 0.6) is 0 Å². The Morgan fingerprint density at radius 3 is 3.00 bits per heavy atom. The molecule has 1 saturated carbocycles. The van der Waals surface area contributed by atoms with Crippen LogP contribution in [0.15, 0.2) is 16.8 Å². The molecule has 1 aliphatic carbocycles. The molecule has 0 aliphatic heterocycles. The fourth-order valence-corrected chi connectivity index (χ4v) is 3.98. The van der Waals surface area contributed by atoms with Gasteiger partial charge in [0.05, 0.1) is 0 Å². The number of hydrogen-bond donors (Lipinski definition) is 1. The van der Waals surface area contributed by atoms with Crippen LogP contribution in [-0.2, 0) is 6.42 Å². The molecule has 2 rings (SSSR count). The molecule has 0 amide bonds. The molecule has 2 heteroatoms. The van der Waals surface area contributed by atoms with Crippen molar-refractivity contribution in [2.45, 2.75) is 70.3 Å². The molecule has 1 aromatic heterocycles. The van der Waals surface area contributed by atoms with Crippen LogP contribution in [0.4, 0.5) is 0 Å². The third-order valence-corrected chi connectivity index (χ3v) is 5.26. The molecule has 0 radical (unpaired) electrons. The molecule has 2 unspecified atom stereocenters. The summed E-state index contributed by atoms with van der Waals surface area (Å²) < 4.78 is 0. The van der Waals surface area contributed by atoms with Gasteiger partial charge in [0.2, 0.25) is 0 Å². The number of thiophene rings is 1. The first-order valence-electron chi connectivity index (χ1n) is 7.52. The van der Waals surface area contributed by atoms with E-state index in [0.717, 1.165) is 5.92 Å². The summed E-state index contributed by atoms with van der Waals surface area (Å²) in [5.41, 5.74) is 8.22. The van der Waals surface area contributed by atoms with Crippen LogP contribution >= 0.6 is 11.3 Å². The van der Waals surface area contributed by atoms with Gasteiger partial charge < -0.3 is 5.73 Å². The minimum absolute atomic E-state index is 0.116. The molecule has 2 atom stereocenters. The lowest BCUT2D eigenvalue weighted by molar-refractivity contribution is 0.335. The monoisotopic (exact) mass is 265 g/mol. The van der Waals surface area contributed by atoms with Gasteiger partial charge in [-0.15, -0.1) is 0 Å². The normalized spacial score (nSPS) is 29.1. The Bertz CT molecular complexity index is 333. The van der Waals surface area contributed by atoms with E-state index in [4.69, 9.17) is 5.73 Å². The first-order valence-corrected chi connectivity index (χ1v) is 8.46. The molecule has 18 heavy (non-hydrogen) atoms. The van der Waals surface area contributed by atoms with E-state index in [1.807, 2.05) is 0 Å². The van der Waals surface area contributed by atoms with Crippen LogP contribution in [-0.4, -0.2) is 5.54 Å². The second-order valence-electron chi connectivity index (χ2n) is 6.08. The highest BCUT2D eigenvalue weighted by Crippen LogP contribution is 2.33. The van der Waals surface area contributed by atoms with Gasteiger partial charge in [0.15, 0.2) is 0 Å². The second kappa shape index (κ2) is 6.72. The van der Waals surface area contributed by atoms with Crippen LogP contribution in [0.3, 0.4) is 0 Å². The summed E-state index contributed by atoms with van der Waals surface area (Å²) in [6, 6.07) is 2.24. The van der Waals surface area contributed by atoms with Gasteiger partial charge in [0.1, 0.15) is 0 Å². The third kappa shape index (κ3) is 4.10. The fraction of sp³-hybridized carbons (Fsp3) is 0.750. The predicted octanol–water partition coefficient (Wildman–Crippen LogP) is 4.76. The minimum Gasteiger partial charge on any atom is -0.325 e. The molecule has 0 saturated heterocycles. The Hall–Kier alpha value is -0.340. The fourth-order valence-electron chi connectivity index (χ4n) is 3.28. The molecule has 1 heterocycles. The average molecular weight is 265 g/mol. The van der Waals surface area contributed by atoms with Gasteiger partial charge in [-0.25, -0.2) is 0 Å². The van der Waals surface area contributed by atoms with Gasteiger partial charge in [-0.3, -0.25) is 0 Å². The molecular formula is C16H27NS. The van der Waals surface area contributed by atoms with E-state index >= 15 is 0 Å². The smallest absolute Gasteiger partial charge is 0.0157 e. The van der Waals surface area contributed by atoms with E-state index in [2.05, 4.69) is 23.8 Å². The predicted molar refractivity (Wildman–Crippen MR) is 81.0 cm³/mol. The van der Waals surface area contributed by atoms with E-state index in [0.29, 0.717) is 0 Å². The first-order chi connectivity index (χ1) is 8.72. The molecule has 0 spiro atoms. The summed E-state index contributed by atoms with van der Waals surface area (Å²) in [4.78, 5) is 0. The van der Waals surface area contributed by atoms with Gasteiger partial charge in [-0.2, -0.15) is 11.3 Å². The lowest BCUT2D eigenvalue weighted by Crippen LogP contribution is -2.39. The van der Waals surface area contributed by atoms with Crippen molar-refractivity contribution in [3.63, 3.8) is 0 Å². The Labute approximate surface area is 116 Å². The topological polar surface area (TPSA) is 26.0 Å². The lowest BCUT2D eigenvalue weighted by atomic mass is 9.85.